The number of carbonyl (C=O) groups is 1. The zero-order valence-electron chi connectivity index (χ0n) is 9.92. The van der Waals surface area contributed by atoms with Crippen molar-refractivity contribution >= 4 is 21.7 Å². The lowest BCUT2D eigenvalue weighted by molar-refractivity contribution is -0.124. The molecule has 0 heterocycles. The first-order chi connectivity index (χ1) is 8.10. The number of halogens is 1. The summed E-state index contributed by atoms with van der Waals surface area (Å²) >= 11 is 3.39. The first-order valence-corrected chi connectivity index (χ1v) is 6.96. The van der Waals surface area contributed by atoms with Crippen molar-refractivity contribution in [2.24, 2.45) is 5.73 Å². The lowest BCUT2D eigenvalue weighted by Gasteiger charge is -2.31. The average molecular weight is 296 g/mol. The Bertz CT molecular complexity index is 393. The van der Waals surface area contributed by atoms with Gasteiger partial charge in [-0.25, -0.2) is 0 Å². The summed E-state index contributed by atoms with van der Waals surface area (Å²) in [4.78, 5) is 12.2. The van der Waals surface area contributed by atoms with Gasteiger partial charge in [-0.3, -0.25) is 4.79 Å². The molecule has 0 aliphatic heterocycles. The smallest absolute Gasteiger partial charge is 0.156 e. The van der Waals surface area contributed by atoms with Crippen LogP contribution in [0.5, 0.6) is 0 Å². The second-order valence-electron chi connectivity index (χ2n) is 4.94. The Morgan fingerprint density at radius 2 is 1.76 bits per heavy atom. The molecule has 1 aliphatic carbocycles. The van der Waals surface area contributed by atoms with Crippen molar-refractivity contribution in [3.63, 3.8) is 0 Å². The van der Waals surface area contributed by atoms with Crippen molar-refractivity contribution in [3.8, 4) is 0 Å². The fourth-order valence-corrected chi connectivity index (χ4v) is 2.69. The highest BCUT2D eigenvalue weighted by Crippen LogP contribution is 2.27. The number of benzene rings is 1. The molecule has 1 saturated carbocycles. The summed E-state index contributed by atoms with van der Waals surface area (Å²) in [5.74, 6) is 0.194. The molecule has 0 radical (unpaired) electrons. The van der Waals surface area contributed by atoms with Gasteiger partial charge >= 0.3 is 0 Å². The molecule has 0 unspecified atom stereocenters. The second kappa shape index (κ2) is 5.32. The topological polar surface area (TPSA) is 43.1 Å². The van der Waals surface area contributed by atoms with E-state index in [2.05, 4.69) is 15.9 Å². The van der Waals surface area contributed by atoms with Crippen LogP contribution in [-0.4, -0.2) is 11.3 Å². The van der Waals surface area contributed by atoms with Crippen LogP contribution in [0.4, 0.5) is 0 Å². The van der Waals surface area contributed by atoms with Gasteiger partial charge in [0.1, 0.15) is 0 Å². The maximum absolute atomic E-state index is 12.2. The predicted octanol–water partition coefficient (Wildman–Crippen LogP) is 3.22. The molecule has 0 spiro atoms. The van der Waals surface area contributed by atoms with E-state index >= 15 is 0 Å². The summed E-state index contributed by atoms with van der Waals surface area (Å²) in [6, 6.07) is 7.89. The van der Waals surface area contributed by atoms with Crippen LogP contribution >= 0.6 is 15.9 Å². The lowest BCUT2D eigenvalue weighted by Crippen LogP contribution is -2.50. The maximum Gasteiger partial charge on any atom is 0.156 e. The molecule has 2 N–H and O–H groups in total. The van der Waals surface area contributed by atoms with E-state index in [0.29, 0.717) is 6.42 Å². The van der Waals surface area contributed by atoms with Crippen molar-refractivity contribution in [2.75, 3.05) is 0 Å². The van der Waals surface area contributed by atoms with Gasteiger partial charge in [-0.1, -0.05) is 47.3 Å². The molecule has 2 nitrogen and oxygen atoms in total. The van der Waals surface area contributed by atoms with Crippen LogP contribution in [0.2, 0.25) is 0 Å². The van der Waals surface area contributed by atoms with Crippen LogP contribution in [-0.2, 0) is 11.2 Å². The largest absolute Gasteiger partial charge is 0.319 e. The first-order valence-electron chi connectivity index (χ1n) is 6.17. The molecule has 2 rings (SSSR count). The third-order valence-corrected chi connectivity index (χ3v) is 4.11. The average Bonchev–Trinajstić information content (AvgIpc) is 2.33. The Morgan fingerprint density at radius 1 is 1.18 bits per heavy atom. The fourth-order valence-electron chi connectivity index (χ4n) is 2.43. The normalized spacial score (nSPS) is 18.9. The summed E-state index contributed by atoms with van der Waals surface area (Å²) in [7, 11) is 0. The van der Waals surface area contributed by atoms with Gasteiger partial charge in [-0.05, 0) is 30.5 Å². The summed E-state index contributed by atoms with van der Waals surface area (Å²) in [6.45, 7) is 0. The summed E-state index contributed by atoms with van der Waals surface area (Å²) < 4.78 is 1.04. The minimum atomic E-state index is -0.564. The molecule has 1 aliphatic rings. The Morgan fingerprint density at radius 3 is 2.35 bits per heavy atom. The Labute approximate surface area is 111 Å². The monoisotopic (exact) mass is 295 g/mol. The van der Waals surface area contributed by atoms with Crippen LogP contribution in [0.15, 0.2) is 28.7 Å². The molecule has 1 aromatic carbocycles. The molecule has 1 aromatic rings. The van der Waals surface area contributed by atoms with E-state index in [-0.39, 0.29) is 5.78 Å². The van der Waals surface area contributed by atoms with Crippen molar-refractivity contribution in [1.29, 1.82) is 0 Å². The van der Waals surface area contributed by atoms with E-state index in [1.54, 1.807) is 0 Å². The van der Waals surface area contributed by atoms with E-state index in [1.165, 1.54) is 6.42 Å². The van der Waals surface area contributed by atoms with Gasteiger partial charge in [-0.15, -0.1) is 0 Å². The quantitative estimate of drug-likeness (QED) is 0.930. The SMILES string of the molecule is NC1(C(=O)Cc2ccc(Br)cc2)CCCCC1. The fraction of sp³-hybridized carbons (Fsp3) is 0.500. The zero-order chi connectivity index (χ0) is 12.3. The third kappa shape index (κ3) is 3.17. The van der Waals surface area contributed by atoms with Crippen LogP contribution in [0.1, 0.15) is 37.7 Å². The van der Waals surface area contributed by atoms with Crippen LogP contribution < -0.4 is 5.73 Å². The highest BCUT2D eigenvalue weighted by atomic mass is 79.9. The van der Waals surface area contributed by atoms with Crippen molar-refractivity contribution in [2.45, 2.75) is 44.1 Å². The molecule has 0 aromatic heterocycles. The summed E-state index contributed by atoms with van der Waals surface area (Å²) in [6.07, 6.45) is 5.55. The Balaban J connectivity index is 2.03. The van der Waals surface area contributed by atoms with Crippen molar-refractivity contribution < 1.29 is 4.79 Å². The highest BCUT2D eigenvalue weighted by molar-refractivity contribution is 9.10. The zero-order valence-corrected chi connectivity index (χ0v) is 11.5. The Kier molecular flexibility index (Phi) is 4.00. The van der Waals surface area contributed by atoms with Crippen molar-refractivity contribution in [1.82, 2.24) is 0 Å². The molecular formula is C14H18BrNO. The van der Waals surface area contributed by atoms with E-state index in [1.807, 2.05) is 24.3 Å². The van der Waals surface area contributed by atoms with Gasteiger partial charge in [-0.2, -0.15) is 0 Å². The summed E-state index contributed by atoms with van der Waals surface area (Å²) in [5.41, 5.74) is 6.71. The minimum absolute atomic E-state index is 0.194. The van der Waals surface area contributed by atoms with Crippen molar-refractivity contribution in [3.05, 3.63) is 34.3 Å². The molecule has 0 amide bonds. The standard InChI is InChI=1S/C14H18BrNO/c15-12-6-4-11(5-7-12)10-13(17)14(16)8-2-1-3-9-14/h4-7H,1-3,8-10,16H2. The number of rotatable bonds is 3. The van der Waals surface area contributed by atoms with Gasteiger partial charge in [0.05, 0.1) is 5.54 Å². The first kappa shape index (κ1) is 12.8. The number of carbonyl (C=O) groups excluding carboxylic acids is 1. The van der Waals surface area contributed by atoms with Crippen LogP contribution in [0, 0.1) is 0 Å². The molecular weight excluding hydrogens is 278 g/mol. The second-order valence-corrected chi connectivity index (χ2v) is 5.86. The maximum atomic E-state index is 12.2. The van der Waals surface area contributed by atoms with Gasteiger partial charge in [0.15, 0.2) is 5.78 Å². The number of nitrogens with two attached hydrogens (primary N) is 1. The number of hydrogen-bond donors (Lipinski definition) is 1. The molecule has 0 atom stereocenters. The molecule has 92 valence electrons. The highest BCUT2D eigenvalue weighted by Gasteiger charge is 2.34. The van der Waals surface area contributed by atoms with E-state index in [4.69, 9.17) is 5.73 Å². The molecule has 0 bridgehead atoms. The van der Waals surface area contributed by atoms with Crippen LogP contribution in [0.25, 0.3) is 0 Å². The number of hydrogen-bond acceptors (Lipinski definition) is 2. The molecule has 3 heteroatoms. The third-order valence-electron chi connectivity index (χ3n) is 3.58. The molecule has 0 saturated heterocycles. The van der Waals surface area contributed by atoms with Gasteiger partial charge in [0.25, 0.3) is 0 Å². The van der Waals surface area contributed by atoms with Gasteiger partial charge < -0.3 is 5.73 Å². The van der Waals surface area contributed by atoms with E-state index in [9.17, 15) is 4.79 Å². The van der Waals surface area contributed by atoms with Gasteiger partial charge in [0.2, 0.25) is 0 Å². The van der Waals surface area contributed by atoms with Crippen LogP contribution in [0.3, 0.4) is 0 Å². The number of ketones is 1. The van der Waals surface area contributed by atoms with Gasteiger partial charge in [0, 0.05) is 10.9 Å². The lowest BCUT2D eigenvalue weighted by atomic mass is 9.78. The minimum Gasteiger partial charge on any atom is -0.319 e. The molecule has 17 heavy (non-hydrogen) atoms. The Hall–Kier alpha value is -0.670. The van der Waals surface area contributed by atoms with E-state index < -0.39 is 5.54 Å². The summed E-state index contributed by atoms with van der Waals surface area (Å²) in [5, 5.41) is 0. The van der Waals surface area contributed by atoms with E-state index in [0.717, 1.165) is 35.7 Å². The number of Topliss-reactive ketones (excluding diaryl/α,β-unsaturated/α-hetero) is 1. The predicted molar refractivity (Wildman–Crippen MR) is 72.9 cm³/mol. The molecule has 1 fully saturated rings.